The smallest absolute Gasteiger partial charge is 0.182 e. The lowest BCUT2D eigenvalue weighted by Gasteiger charge is -2.27. The number of thiophene rings is 1. The monoisotopic (exact) mass is 446 g/mol. The molecule has 0 saturated heterocycles. The van der Waals surface area contributed by atoms with E-state index in [1.165, 1.54) is 19.1 Å². The fourth-order valence-corrected chi connectivity index (χ4v) is 4.34. The summed E-state index contributed by atoms with van der Waals surface area (Å²) in [5, 5.41) is 38.8. The number of aryl methyl sites for hydroxylation is 1. The molecule has 3 rings (SSSR count). The molecule has 0 spiro atoms. The van der Waals surface area contributed by atoms with Gasteiger partial charge >= 0.3 is 0 Å². The average Bonchev–Trinajstić information content (AvgIpc) is 3.19. The number of rotatable bonds is 9. The molecule has 166 valence electrons. The molecule has 3 atom stereocenters. The van der Waals surface area contributed by atoms with E-state index in [-0.39, 0.29) is 5.82 Å². The van der Waals surface area contributed by atoms with Gasteiger partial charge in [-0.25, -0.2) is 4.39 Å². The van der Waals surface area contributed by atoms with Crippen molar-refractivity contribution >= 4 is 11.3 Å². The highest BCUT2D eigenvalue weighted by molar-refractivity contribution is 7.15. The van der Waals surface area contributed by atoms with Crippen LogP contribution in [-0.4, -0.2) is 45.5 Å². The fourth-order valence-electron chi connectivity index (χ4n) is 3.31. The summed E-state index contributed by atoms with van der Waals surface area (Å²) in [4.78, 5) is 2.15. The highest BCUT2D eigenvalue weighted by Gasteiger charge is 2.27. The van der Waals surface area contributed by atoms with Crippen molar-refractivity contribution < 1.29 is 29.6 Å². The van der Waals surface area contributed by atoms with Crippen LogP contribution < -0.4 is 0 Å². The largest absolute Gasteiger partial charge is 0.394 e. The molecule has 0 fully saturated rings. The van der Waals surface area contributed by atoms with Crippen molar-refractivity contribution in [1.82, 2.24) is 0 Å². The van der Waals surface area contributed by atoms with E-state index < -0.39 is 31.2 Å². The summed E-state index contributed by atoms with van der Waals surface area (Å²) in [6, 6.07) is 15.9. The van der Waals surface area contributed by atoms with Crippen LogP contribution in [0.3, 0.4) is 0 Å². The van der Waals surface area contributed by atoms with Gasteiger partial charge in [0.05, 0.1) is 12.7 Å². The molecule has 0 radical (unpaired) electrons. The van der Waals surface area contributed by atoms with Gasteiger partial charge in [-0.2, -0.15) is 0 Å². The van der Waals surface area contributed by atoms with Gasteiger partial charge in [-0.05, 0) is 60.4 Å². The predicted molar refractivity (Wildman–Crippen MR) is 118 cm³/mol. The third-order valence-corrected chi connectivity index (χ3v) is 6.30. The third kappa shape index (κ3) is 5.98. The molecule has 1 aromatic heterocycles. The van der Waals surface area contributed by atoms with Crippen LogP contribution in [0, 0.1) is 12.7 Å². The quantitative estimate of drug-likeness (QED) is 0.378. The van der Waals surface area contributed by atoms with Crippen LogP contribution in [0.5, 0.6) is 0 Å². The van der Waals surface area contributed by atoms with Gasteiger partial charge in [0.25, 0.3) is 0 Å². The van der Waals surface area contributed by atoms with Crippen LogP contribution >= 0.6 is 11.3 Å². The number of aliphatic hydroxyl groups excluding tert-OH is 3. The summed E-state index contributed by atoms with van der Waals surface area (Å²) >= 11 is 1.62. The van der Waals surface area contributed by atoms with Crippen molar-refractivity contribution in [2.75, 3.05) is 6.61 Å². The van der Waals surface area contributed by atoms with Gasteiger partial charge in [0, 0.05) is 16.2 Å². The number of benzene rings is 2. The molecule has 4 N–H and O–H groups in total. The number of hydrogen-bond acceptors (Lipinski definition) is 6. The molecule has 0 amide bonds. The summed E-state index contributed by atoms with van der Waals surface area (Å²) in [5.74, 6) is -0.269. The minimum absolute atomic E-state index is 0.269. The maximum absolute atomic E-state index is 13.2. The Morgan fingerprint density at radius 3 is 2.32 bits per heavy atom. The van der Waals surface area contributed by atoms with Gasteiger partial charge in [-0.15, -0.1) is 11.3 Å². The number of halogens is 1. The summed E-state index contributed by atoms with van der Waals surface area (Å²) in [5.41, 5.74) is 3.54. The minimum Gasteiger partial charge on any atom is -0.394 e. The molecule has 31 heavy (non-hydrogen) atoms. The second kappa shape index (κ2) is 10.5. The molecule has 0 bridgehead atoms. The molecule has 1 heterocycles. The summed E-state index contributed by atoms with van der Waals surface area (Å²) < 4.78 is 18.8. The van der Waals surface area contributed by atoms with Gasteiger partial charge in [-0.1, -0.05) is 30.3 Å². The van der Waals surface area contributed by atoms with Gasteiger partial charge < -0.3 is 25.2 Å². The van der Waals surface area contributed by atoms with Gasteiger partial charge in [-0.3, -0.25) is 0 Å². The van der Waals surface area contributed by atoms with Crippen molar-refractivity contribution in [1.29, 1.82) is 0 Å². The van der Waals surface area contributed by atoms with Crippen molar-refractivity contribution in [3.63, 3.8) is 0 Å². The van der Waals surface area contributed by atoms with Crippen molar-refractivity contribution in [2.45, 2.75) is 44.9 Å². The normalized spacial score (nSPS) is 14.6. The van der Waals surface area contributed by atoms with Crippen LogP contribution in [0.25, 0.3) is 10.4 Å². The minimum atomic E-state index is -1.81. The Kier molecular flexibility index (Phi) is 7.94. The molecule has 5 nitrogen and oxygen atoms in total. The van der Waals surface area contributed by atoms with E-state index in [4.69, 9.17) is 4.74 Å². The zero-order valence-corrected chi connectivity index (χ0v) is 18.2. The zero-order chi connectivity index (χ0) is 22.5. The number of hydrogen-bond donors (Lipinski definition) is 4. The van der Waals surface area contributed by atoms with E-state index in [2.05, 4.69) is 0 Å². The first-order valence-corrected chi connectivity index (χ1v) is 10.8. The standard InChI is InChI=1S/C24H27FO5S/c1-14-3-4-17(23(24(28)29)30-21(13-26)15(2)27)11-18(14)12-20-9-10-22(31-20)16-5-7-19(25)8-6-16/h3-11,15,21,23-24,26-29H,12-13H2,1-2H3/t15-,21?,23?/m0/s1. The maximum Gasteiger partial charge on any atom is 0.182 e. The highest BCUT2D eigenvalue weighted by atomic mass is 32.1. The van der Waals surface area contributed by atoms with E-state index in [1.807, 2.05) is 31.2 Å². The molecule has 3 aromatic rings. The first-order chi connectivity index (χ1) is 14.8. The lowest BCUT2D eigenvalue weighted by Crippen LogP contribution is -2.35. The van der Waals surface area contributed by atoms with E-state index in [1.54, 1.807) is 29.5 Å². The molecular formula is C24H27FO5S. The van der Waals surface area contributed by atoms with E-state index in [0.29, 0.717) is 12.0 Å². The summed E-state index contributed by atoms with van der Waals surface area (Å²) in [7, 11) is 0. The Hall–Kier alpha value is -2.13. The first-order valence-electron chi connectivity index (χ1n) is 10.0. The topological polar surface area (TPSA) is 90.2 Å². The van der Waals surface area contributed by atoms with Gasteiger partial charge in [0.2, 0.25) is 0 Å². The zero-order valence-electron chi connectivity index (χ0n) is 17.4. The van der Waals surface area contributed by atoms with Crippen LogP contribution in [0.1, 0.15) is 34.6 Å². The predicted octanol–water partition coefficient (Wildman–Crippen LogP) is 3.56. The van der Waals surface area contributed by atoms with E-state index in [9.17, 15) is 24.8 Å². The second-order valence-corrected chi connectivity index (χ2v) is 8.74. The molecule has 0 saturated carbocycles. The highest BCUT2D eigenvalue weighted by Crippen LogP contribution is 2.31. The van der Waals surface area contributed by atoms with Crippen molar-refractivity contribution in [3.8, 4) is 10.4 Å². The van der Waals surface area contributed by atoms with E-state index >= 15 is 0 Å². The Morgan fingerprint density at radius 1 is 1.00 bits per heavy atom. The van der Waals surface area contributed by atoms with Gasteiger partial charge in [0.1, 0.15) is 18.0 Å². The Morgan fingerprint density at radius 2 is 1.71 bits per heavy atom. The molecule has 0 aliphatic heterocycles. The second-order valence-electron chi connectivity index (χ2n) is 7.57. The number of ether oxygens (including phenoxy) is 1. The molecular weight excluding hydrogens is 419 g/mol. The molecule has 2 unspecified atom stereocenters. The lowest BCUT2D eigenvalue weighted by atomic mass is 9.98. The SMILES string of the molecule is Cc1ccc(C(OC(CO)[C@H](C)O)C(O)O)cc1Cc1ccc(-c2ccc(F)cc2)s1. The molecule has 2 aromatic carbocycles. The van der Waals surface area contributed by atoms with Crippen molar-refractivity contribution in [3.05, 3.63) is 82.0 Å². The summed E-state index contributed by atoms with van der Waals surface area (Å²) in [6.45, 7) is 3.00. The average molecular weight is 447 g/mol. The van der Waals surface area contributed by atoms with Crippen LogP contribution in [0.15, 0.2) is 54.6 Å². The Balaban J connectivity index is 1.83. The Labute approximate surface area is 185 Å². The van der Waals surface area contributed by atoms with Crippen LogP contribution in [-0.2, 0) is 11.2 Å². The summed E-state index contributed by atoms with van der Waals surface area (Å²) in [6.07, 6.45) is -4.18. The molecule has 7 heteroatoms. The first kappa shape index (κ1) is 23.5. The fraction of sp³-hybridized carbons (Fsp3) is 0.333. The van der Waals surface area contributed by atoms with Crippen molar-refractivity contribution in [2.24, 2.45) is 0 Å². The lowest BCUT2D eigenvalue weighted by molar-refractivity contribution is -0.188. The van der Waals surface area contributed by atoms with Gasteiger partial charge in [0.15, 0.2) is 6.29 Å². The maximum atomic E-state index is 13.2. The Bertz CT molecular complexity index is 984. The third-order valence-electron chi connectivity index (χ3n) is 5.17. The number of aliphatic hydroxyl groups is 4. The molecule has 0 aliphatic rings. The van der Waals surface area contributed by atoms with E-state index in [0.717, 1.165) is 26.4 Å². The van der Waals surface area contributed by atoms with Crippen LogP contribution in [0.4, 0.5) is 4.39 Å². The van der Waals surface area contributed by atoms with Crippen LogP contribution in [0.2, 0.25) is 0 Å². The molecule has 0 aliphatic carbocycles.